The first-order valence-corrected chi connectivity index (χ1v) is 8.53. The van der Waals surface area contributed by atoms with Gasteiger partial charge in [0, 0.05) is 23.5 Å². The Morgan fingerprint density at radius 3 is 2.33 bits per heavy atom. The lowest BCUT2D eigenvalue weighted by Crippen LogP contribution is -1.98. The average Bonchev–Trinajstić information content (AvgIpc) is 2.55. The Bertz CT molecular complexity index is 830. The molecule has 0 aliphatic heterocycles. The molecule has 0 radical (unpaired) electrons. The lowest BCUT2D eigenvalue weighted by molar-refractivity contribution is 0.647. The van der Waals surface area contributed by atoms with Crippen LogP contribution in [0, 0.1) is 19.8 Å². The summed E-state index contributed by atoms with van der Waals surface area (Å²) in [5.41, 5.74) is 8.14. The Morgan fingerprint density at radius 1 is 0.875 bits per heavy atom. The molecule has 0 bridgehead atoms. The van der Waals surface area contributed by atoms with Gasteiger partial charge < -0.3 is 0 Å². The zero-order chi connectivity index (χ0) is 17.1. The molecule has 0 amide bonds. The smallest absolute Gasteiger partial charge is 0.0801 e. The topological polar surface area (TPSA) is 25.8 Å². The number of aromatic nitrogens is 2. The molecule has 0 unspecified atom stereocenters. The van der Waals surface area contributed by atoms with Gasteiger partial charge in [0.2, 0.25) is 0 Å². The summed E-state index contributed by atoms with van der Waals surface area (Å²) in [5.74, 6) is 0.632. The minimum absolute atomic E-state index is 0.632. The quantitative estimate of drug-likeness (QED) is 0.623. The second-order valence-corrected chi connectivity index (χ2v) is 6.81. The van der Waals surface area contributed by atoms with Crippen LogP contribution in [0.4, 0.5) is 0 Å². The summed E-state index contributed by atoms with van der Waals surface area (Å²) in [7, 11) is 0. The van der Waals surface area contributed by atoms with Crippen LogP contribution in [0.2, 0.25) is 0 Å². The molecule has 0 saturated carbocycles. The molecule has 2 aromatic heterocycles. The van der Waals surface area contributed by atoms with Gasteiger partial charge in [-0.1, -0.05) is 32.0 Å². The highest BCUT2D eigenvalue weighted by Crippen LogP contribution is 2.33. The van der Waals surface area contributed by atoms with Crippen molar-refractivity contribution in [2.24, 2.45) is 5.92 Å². The number of rotatable bonds is 4. The van der Waals surface area contributed by atoms with E-state index in [9.17, 15) is 0 Å². The largest absolute Gasteiger partial charge is 0.256 e. The van der Waals surface area contributed by atoms with Gasteiger partial charge in [0.25, 0.3) is 0 Å². The predicted octanol–water partition coefficient (Wildman–Crippen LogP) is 5.63. The molecular formula is C22H24N2. The Labute approximate surface area is 144 Å². The van der Waals surface area contributed by atoms with E-state index >= 15 is 0 Å². The molecule has 0 spiro atoms. The third-order valence-corrected chi connectivity index (χ3v) is 4.27. The van der Waals surface area contributed by atoms with Gasteiger partial charge in [0.15, 0.2) is 0 Å². The lowest BCUT2D eigenvalue weighted by Gasteiger charge is -2.14. The van der Waals surface area contributed by atoms with Crippen LogP contribution in [0.1, 0.15) is 30.5 Å². The first-order chi connectivity index (χ1) is 11.6. The van der Waals surface area contributed by atoms with Gasteiger partial charge in [-0.3, -0.25) is 9.97 Å². The molecule has 2 heterocycles. The van der Waals surface area contributed by atoms with Gasteiger partial charge >= 0.3 is 0 Å². The van der Waals surface area contributed by atoms with Crippen molar-refractivity contribution in [1.29, 1.82) is 0 Å². The maximum absolute atomic E-state index is 4.70. The van der Waals surface area contributed by atoms with Gasteiger partial charge in [-0.15, -0.1) is 0 Å². The molecule has 0 fully saturated rings. The van der Waals surface area contributed by atoms with Crippen molar-refractivity contribution in [1.82, 2.24) is 9.97 Å². The van der Waals surface area contributed by atoms with E-state index in [4.69, 9.17) is 4.98 Å². The molecule has 0 N–H and O–H groups in total. The van der Waals surface area contributed by atoms with Crippen LogP contribution in [-0.2, 0) is 6.42 Å². The van der Waals surface area contributed by atoms with Crippen molar-refractivity contribution < 1.29 is 0 Å². The van der Waals surface area contributed by atoms with Crippen molar-refractivity contribution in [2.75, 3.05) is 0 Å². The first-order valence-electron chi connectivity index (χ1n) is 8.53. The Hall–Kier alpha value is -2.48. The van der Waals surface area contributed by atoms with Crippen molar-refractivity contribution in [2.45, 2.75) is 34.1 Å². The van der Waals surface area contributed by atoms with E-state index in [0.717, 1.165) is 23.4 Å². The molecule has 2 heteroatoms. The van der Waals surface area contributed by atoms with Crippen LogP contribution < -0.4 is 0 Å². The Kier molecular flexibility index (Phi) is 4.75. The molecule has 3 aromatic rings. The first kappa shape index (κ1) is 16.4. The fraction of sp³-hybridized carbons (Fsp3) is 0.273. The van der Waals surface area contributed by atoms with Gasteiger partial charge in [-0.05, 0) is 67.1 Å². The second kappa shape index (κ2) is 6.96. The predicted molar refractivity (Wildman–Crippen MR) is 101 cm³/mol. The van der Waals surface area contributed by atoms with Crippen molar-refractivity contribution in [3.8, 4) is 22.5 Å². The minimum atomic E-state index is 0.632. The summed E-state index contributed by atoms with van der Waals surface area (Å²) in [6.07, 6.45) is 4.84. The highest BCUT2D eigenvalue weighted by molar-refractivity contribution is 5.82. The SMILES string of the molecule is Cc1cccc(C)c1-c1ncccc1-c1cc(CC(C)C)ccn1. The highest BCUT2D eigenvalue weighted by atomic mass is 14.7. The van der Waals surface area contributed by atoms with Crippen LogP contribution in [0.5, 0.6) is 0 Å². The number of hydrogen-bond donors (Lipinski definition) is 0. The van der Waals surface area contributed by atoms with Crippen LogP contribution in [0.25, 0.3) is 22.5 Å². The molecule has 0 atom stereocenters. The van der Waals surface area contributed by atoms with Crippen LogP contribution in [-0.4, -0.2) is 9.97 Å². The van der Waals surface area contributed by atoms with E-state index < -0.39 is 0 Å². The highest BCUT2D eigenvalue weighted by Gasteiger charge is 2.14. The summed E-state index contributed by atoms with van der Waals surface area (Å²) >= 11 is 0. The van der Waals surface area contributed by atoms with Gasteiger partial charge in [-0.25, -0.2) is 0 Å². The number of aryl methyl sites for hydroxylation is 2. The Balaban J connectivity index is 2.14. The van der Waals surface area contributed by atoms with E-state index in [0.29, 0.717) is 5.92 Å². The minimum Gasteiger partial charge on any atom is -0.256 e. The normalized spacial score (nSPS) is 11.0. The molecule has 3 rings (SSSR count). The standard InChI is InChI=1S/C22H24N2/c1-15(2)13-18-10-12-23-20(14-18)19-9-6-11-24-22(19)21-16(3)7-5-8-17(21)4/h5-12,14-15H,13H2,1-4H3. The molecule has 2 nitrogen and oxygen atoms in total. The van der Waals surface area contributed by atoms with Crippen LogP contribution >= 0.6 is 0 Å². The van der Waals surface area contributed by atoms with Crippen LogP contribution in [0.15, 0.2) is 54.9 Å². The van der Waals surface area contributed by atoms with E-state index in [1.807, 2.05) is 18.5 Å². The molecule has 1 aromatic carbocycles. The van der Waals surface area contributed by atoms with Crippen LogP contribution in [0.3, 0.4) is 0 Å². The summed E-state index contributed by atoms with van der Waals surface area (Å²) < 4.78 is 0. The molecule has 0 saturated heterocycles. The lowest BCUT2D eigenvalue weighted by atomic mass is 9.94. The summed E-state index contributed by atoms with van der Waals surface area (Å²) in [6.45, 7) is 8.77. The van der Waals surface area contributed by atoms with Crippen molar-refractivity contribution in [3.63, 3.8) is 0 Å². The number of nitrogens with zero attached hydrogens (tertiary/aromatic N) is 2. The zero-order valence-electron chi connectivity index (χ0n) is 14.9. The number of hydrogen-bond acceptors (Lipinski definition) is 2. The van der Waals surface area contributed by atoms with E-state index in [-0.39, 0.29) is 0 Å². The maximum Gasteiger partial charge on any atom is 0.0801 e. The van der Waals surface area contributed by atoms with Crippen molar-refractivity contribution in [3.05, 3.63) is 71.5 Å². The molecule has 122 valence electrons. The summed E-state index contributed by atoms with van der Waals surface area (Å²) in [4.78, 5) is 9.32. The fourth-order valence-electron chi connectivity index (χ4n) is 3.22. The van der Waals surface area contributed by atoms with E-state index in [1.165, 1.54) is 22.3 Å². The average molecular weight is 316 g/mol. The summed E-state index contributed by atoms with van der Waals surface area (Å²) in [5, 5.41) is 0. The second-order valence-electron chi connectivity index (χ2n) is 6.81. The van der Waals surface area contributed by atoms with Gasteiger partial charge in [0.1, 0.15) is 0 Å². The fourth-order valence-corrected chi connectivity index (χ4v) is 3.22. The molecule has 24 heavy (non-hydrogen) atoms. The zero-order valence-corrected chi connectivity index (χ0v) is 14.9. The van der Waals surface area contributed by atoms with Crippen molar-refractivity contribution >= 4 is 0 Å². The monoisotopic (exact) mass is 316 g/mol. The maximum atomic E-state index is 4.70. The molecule has 0 aliphatic carbocycles. The molecular weight excluding hydrogens is 292 g/mol. The van der Waals surface area contributed by atoms with E-state index in [2.05, 4.69) is 69.1 Å². The van der Waals surface area contributed by atoms with Gasteiger partial charge in [0.05, 0.1) is 11.4 Å². The Morgan fingerprint density at radius 2 is 1.62 bits per heavy atom. The summed E-state index contributed by atoms with van der Waals surface area (Å²) in [6, 6.07) is 14.8. The number of benzene rings is 1. The molecule has 0 aliphatic rings. The van der Waals surface area contributed by atoms with Gasteiger partial charge in [-0.2, -0.15) is 0 Å². The number of pyridine rings is 2. The third-order valence-electron chi connectivity index (χ3n) is 4.27. The third kappa shape index (κ3) is 3.38. The van der Waals surface area contributed by atoms with E-state index in [1.54, 1.807) is 0 Å².